The average molecular weight is 392 g/mol. The van der Waals surface area contributed by atoms with Gasteiger partial charge < -0.3 is 15.3 Å². The first-order valence-corrected chi connectivity index (χ1v) is 10.6. The molecule has 7 heteroatoms. The van der Waals surface area contributed by atoms with E-state index in [0.717, 1.165) is 12.3 Å². The second-order valence-electron chi connectivity index (χ2n) is 7.90. The van der Waals surface area contributed by atoms with Gasteiger partial charge in [0, 0.05) is 26.1 Å². The number of anilines is 1. The summed E-state index contributed by atoms with van der Waals surface area (Å²) in [7, 11) is 0. The maximum absolute atomic E-state index is 13.8. The Labute approximate surface area is 162 Å². The molecule has 27 heavy (non-hydrogen) atoms. The number of benzene rings is 1. The molecule has 1 saturated heterocycles. The Hall–Kier alpha value is -1.73. The van der Waals surface area contributed by atoms with E-state index < -0.39 is 5.60 Å². The van der Waals surface area contributed by atoms with E-state index in [1.807, 2.05) is 4.90 Å². The van der Waals surface area contributed by atoms with Gasteiger partial charge in [0.1, 0.15) is 5.82 Å². The van der Waals surface area contributed by atoms with Crippen molar-refractivity contribution in [2.45, 2.75) is 50.5 Å². The molecular weight excluding hydrogens is 365 g/mol. The Balaban J connectivity index is 1.27. The van der Waals surface area contributed by atoms with Crippen molar-refractivity contribution < 1.29 is 14.3 Å². The number of nitrogens with zero attached hydrogens (tertiary/aromatic N) is 2. The van der Waals surface area contributed by atoms with E-state index >= 15 is 0 Å². The molecule has 2 fully saturated rings. The van der Waals surface area contributed by atoms with Crippen LogP contribution in [-0.2, 0) is 4.79 Å². The van der Waals surface area contributed by atoms with Crippen LogP contribution >= 0.6 is 11.3 Å². The largest absolute Gasteiger partial charge is 0.388 e. The first-order valence-electron chi connectivity index (χ1n) is 9.81. The van der Waals surface area contributed by atoms with Crippen molar-refractivity contribution in [2.24, 2.45) is 5.92 Å². The third-order valence-corrected chi connectivity index (χ3v) is 7.01. The van der Waals surface area contributed by atoms with Gasteiger partial charge in [-0.2, -0.15) is 0 Å². The molecule has 1 aromatic heterocycles. The lowest BCUT2D eigenvalue weighted by molar-refractivity contribution is -0.135. The summed E-state index contributed by atoms with van der Waals surface area (Å²) in [6.45, 7) is 1.55. The van der Waals surface area contributed by atoms with Gasteiger partial charge >= 0.3 is 0 Å². The number of hydrogen-bond acceptors (Lipinski definition) is 5. The van der Waals surface area contributed by atoms with Gasteiger partial charge in [0.05, 0.1) is 15.8 Å². The summed E-state index contributed by atoms with van der Waals surface area (Å²) in [5.41, 5.74) is -0.234. The molecule has 0 bridgehead atoms. The topological polar surface area (TPSA) is 65.5 Å². The highest BCUT2D eigenvalue weighted by Crippen LogP contribution is 2.32. The SMILES string of the molecule is O=C(CCC1CCC1)N1CCC(O)(CNc2nc3cccc(F)c3s2)CC1. The first-order chi connectivity index (χ1) is 13.0. The second-order valence-corrected chi connectivity index (χ2v) is 8.90. The quantitative estimate of drug-likeness (QED) is 0.787. The van der Waals surface area contributed by atoms with E-state index in [-0.39, 0.29) is 11.7 Å². The predicted molar refractivity (Wildman–Crippen MR) is 105 cm³/mol. The molecule has 2 aliphatic rings. The van der Waals surface area contributed by atoms with Crippen LogP contribution in [0.25, 0.3) is 10.2 Å². The number of thiazole rings is 1. The fraction of sp³-hybridized carbons (Fsp3) is 0.600. The Bertz CT molecular complexity index is 813. The standard InChI is InChI=1S/C20H26FN3O2S/c21-15-5-2-6-16-18(15)27-19(23-16)22-13-20(26)9-11-24(12-10-20)17(25)8-7-14-3-1-4-14/h2,5-6,14,26H,1,3-4,7-13H2,(H,22,23). The van der Waals surface area contributed by atoms with Crippen molar-refractivity contribution in [3.8, 4) is 0 Å². The highest BCUT2D eigenvalue weighted by Gasteiger charge is 2.34. The molecule has 0 unspecified atom stereocenters. The average Bonchev–Trinajstić information content (AvgIpc) is 3.04. The fourth-order valence-electron chi connectivity index (χ4n) is 3.85. The lowest BCUT2D eigenvalue weighted by atomic mass is 9.82. The molecule has 1 aliphatic heterocycles. The third-order valence-electron chi connectivity index (χ3n) is 5.97. The molecule has 0 radical (unpaired) electrons. The summed E-state index contributed by atoms with van der Waals surface area (Å²) in [6, 6.07) is 4.85. The van der Waals surface area contributed by atoms with Crippen LogP contribution in [0, 0.1) is 11.7 Å². The molecule has 2 heterocycles. The smallest absolute Gasteiger partial charge is 0.222 e. The molecule has 1 aliphatic carbocycles. The van der Waals surface area contributed by atoms with Crippen LogP contribution in [0.5, 0.6) is 0 Å². The molecule has 1 saturated carbocycles. The van der Waals surface area contributed by atoms with Crippen molar-refractivity contribution in [2.75, 3.05) is 25.0 Å². The van der Waals surface area contributed by atoms with Gasteiger partial charge in [-0.05, 0) is 37.3 Å². The van der Waals surface area contributed by atoms with Gasteiger partial charge in [0.25, 0.3) is 0 Å². The number of rotatable bonds is 6. The minimum atomic E-state index is -0.860. The highest BCUT2D eigenvalue weighted by molar-refractivity contribution is 7.22. The van der Waals surface area contributed by atoms with Gasteiger partial charge in [-0.25, -0.2) is 9.37 Å². The number of aliphatic hydroxyl groups is 1. The molecule has 0 spiro atoms. The lowest BCUT2D eigenvalue weighted by Gasteiger charge is -2.38. The molecule has 4 rings (SSSR count). The number of carbonyl (C=O) groups is 1. The molecule has 5 nitrogen and oxygen atoms in total. The summed E-state index contributed by atoms with van der Waals surface area (Å²) >= 11 is 1.26. The molecule has 1 amide bonds. The highest BCUT2D eigenvalue weighted by atomic mass is 32.1. The zero-order valence-corrected chi connectivity index (χ0v) is 16.2. The van der Waals surface area contributed by atoms with Crippen LogP contribution in [0.1, 0.15) is 44.9 Å². The summed E-state index contributed by atoms with van der Waals surface area (Å²) in [5, 5.41) is 14.6. The molecular formula is C20H26FN3O2S. The number of piperidine rings is 1. The molecule has 2 aromatic rings. The van der Waals surface area contributed by atoms with Crippen molar-refractivity contribution in [3.05, 3.63) is 24.0 Å². The van der Waals surface area contributed by atoms with Crippen LogP contribution in [0.4, 0.5) is 9.52 Å². The molecule has 0 atom stereocenters. The number of carbonyl (C=O) groups excluding carboxylic acids is 1. The van der Waals surface area contributed by atoms with Gasteiger partial charge in [0.15, 0.2) is 5.13 Å². The Morgan fingerprint density at radius 2 is 2.15 bits per heavy atom. The lowest BCUT2D eigenvalue weighted by Crippen LogP contribution is -2.50. The van der Waals surface area contributed by atoms with E-state index in [4.69, 9.17) is 0 Å². The summed E-state index contributed by atoms with van der Waals surface area (Å²) in [6.07, 6.45) is 6.60. The summed E-state index contributed by atoms with van der Waals surface area (Å²) in [4.78, 5) is 18.6. The Morgan fingerprint density at radius 1 is 1.37 bits per heavy atom. The summed E-state index contributed by atoms with van der Waals surface area (Å²) < 4.78 is 14.3. The minimum Gasteiger partial charge on any atom is -0.388 e. The van der Waals surface area contributed by atoms with Crippen molar-refractivity contribution in [1.82, 2.24) is 9.88 Å². The van der Waals surface area contributed by atoms with Gasteiger partial charge in [0.2, 0.25) is 5.91 Å². The minimum absolute atomic E-state index is 0.221. The van der Waals surface area contributed by atoms with Crippen LogP contribution in [0.3, 0.4) is 0 Å². The Morgan fingerprint density at radius 3 is 2.81 bits per heavy atom. The number of likely N-dealkylation sites (tertiary alicyclic amines) is 1. The molecule has 2 N–H and O–H groups in total. The third kappa shape index (κ3) is 4.24. The number of hydrogen-bond donors (Lipinski definition) is 2. The zero-order valence-electron chi connectivity index (χ0n) is 15.4. The molecule has 1 aromatic carbocycles. The van der Waals surface area contributed by atoms with Gasteiger partial charge in [-0.3, -0.25) is 4.79 Å². The number of halogens is 1. The van der Waals surface area contributed by atoms with Crippen LogP contribution in [0.2, 0.25) is 0 Å². The monoisotopic (exact) mass is 391 g/mol. The van der Waals surface area contributed by atoms with E-state index in [9.17, 15) is 14.3 Å². The van der Waals surface area contributed by atoms with Crippen molar-refractivity contribution in [3.63, 3.8) is 0 Å². The fourth-order valence-corrected chi connectivity index (χ4v) is 4.71. The van der Waals surface area contributed by atoms with E-state index in [2.05, 4.69) is 10.3 Å². The normalized spacial score (nSPS) is 19.9. The second kappa shape index (κ2) is 7.72. The predicted octanol–water partition coefficient (Wildman–Crippen LogP) is 3.78. The first kappa shape index (κ1) is 18.6. The number of aromatic nitrogens is 1. The zero-order chi connectivity index (χ0) is 18.9. The van der Waals surface area contributed by atoms with Crippen molar-refractivity contribution in [1.29, 1.82) is 0 Å². The van der Waals surface area contributed by atoms with Crippen LogP contribution in [-0.4, -0.2) is 46.1 Å². The van der Waals surface area contributed by atoms with Gasteiger partial charge in [-0.1, -0.05) is 36.7 Å². The van der Waals surface area contributed by atoms with Crippen molar-refractivity contribution >= 4 is 32.6 Å². The summed E-state index contributed by atoms with van der Waals surface area (Å²) in [5.74, 6) is 0.697. The van der Waals surface area contributed by atoms with Crippen LogP contribution < -0.4 is 5.32 Å². The Kier molecular flexibility index (Phi) is 5.32. The van der Waals surface area contributed by atoms with E-state index in [1.165, 1.54) is 36.7 Å². The number of nitrogens with one attached hydrogen (secondary N) is 1. The van der Waals surface area contributed by atoms with Crippen LogP contribution in [0.15, 0.2) is 18.2 Å². The number of fused-ring (bicyclic) bond motifs is 1. The number of amides is 1. The van der Waals surface area contributed by atoms with E-state index in [1.54, 1.807) is 12.1 Å². The van der Waals surface area contributed by atoms with E-state index in [0.29, 0.717) is 54.2 Å². The van der Waals surface area contributed by atoms with Gasteiger partial charge in [-0.15, -0.1) is 0 Å². The molecule has 146 valence electrons. The maximum Gasteiger partial charge on any atom is 0.222 e. The maximum atomic E-state index is 13.8.